The van der Waals surface area contributed by atoms with Crippen LogP contribution in [0.4, 0.5) is 8.78 Å². The molecule has 6 nitrogen and oxygen atoms in total. The second-order valence-corrected chi connectivity index (χ2v) is 5.51. The molecule has 0 fully saturated rings. The van der Waals surface area contributed by atoms with Gasteiger partial charge in [-0.3, -0.25) is 0 Å². The Hall–Kier alpha value is -1.58. The van der Waals surface area contributed by atoms with Crippen LogP contribution in [0.15, 0.2) is 17.0 Å². The number of methoxy groups -OCH3 is 1. The minimum Gasteiger partial charge on any atom is -0.457 e. The van der Waals surface area contributed by atoms with Crippen molar-refractivity contribution in [3.8, 4) is 0 Å². The normalized spacial score (nSPS) is 13.1. The van der Waals surface area contributed by atoms with Gasteiger partial charge >= 0.3 is 5.97 Å². The molecule has 9 heteroatoms. The van der Waals surface area contributed by atoms with Crippen LogP contribution in [-0.2, 0) is 19.5 Å². The maximum absolute atomic E-state index is 13.9. The summed E-state index contributed by atoms with van der Waals surface area (Å²) in [4.78, 5) is 10.6. The molecule has 0 heterocycles. The number of esters is 1. The Morgan fingerprint density at radius 2 is 2.00 bits per heavy atom. The number of carbonyl (C=O) groups excluding carboxylic acids is 1. The van der Waals surface area contributed by atoms with Crippen LogP contribution in [0.3, 0.4) is 0 Å². The third kappa shape index (κ3) is 3.95. The molecular weight excluding hydrogens is 296 g/mol. The van der Waals surface area contributed by atoms with Crippen molar-refractivity contribution in [2.75, 3.05) is 13.7 Å². The highest BCUT2D eigenvalue weighted by Gasteiger charge is 2.25. The van der Waals surface area contributed by atoms with E-state index in [9.17, 15) is 22.0 Å². The summed E-state index contributed by atoms with van der Waals surface area (Å²) >= 11 is 0. The Bertz CT molecular complexity index is 617. The van der Waals surface area contributed by atoms with Crippen molar-refractivity contribution in [2.45, 2.75) is 17.9 Å². The predicted octanol–water partition coefficient (Wildman–Crippen LogP) is 0.804. The Kier molecular flexibility index (Phi) is 5.15. The Morgan fingerprint density at radius 3 is 2.50 bits per heavy atom. The number of carbonyl (C=O) groups is 1. The SMILES string of the molecule is COCC(C)OC(=O)c1cc(F)cc(S(N)(=O)=O)c1F. The number of sulfonamides is 1. The van der Waals surface area contributed by atoms with Crippen molar-refractivity contribution in [1.82, 2.24) is 0 Å². The molecule has 0 aliphatic carbocycles. The molecule has 0 amide bonds. The van der Waals surface area contributed by atoms with Crippen LogP contribution >= 0.6 is 0 Å². The fourth-order valence-electron chi connectivity index (χ4n) is 1.43. The largest absolute Gasteiger partial charge is 0.457 e. The molecule has 2 N–H and O–H groups in total. The third-order valence-electron chi connectivity index (χ3n) is 2.24. The highest BCUT2D eigenvalue weighted by Crippen LogP contribution is 2.20. The lowest BCUT2D eigenvalue weighted by molar-refractivity contribution is 0.0115. The lowest BCUT2D eigenvalue weighted by atomic mass is 10.2. The van der Waals surface area contributed by atoms with Gasteiger partial charge in [-0.15, -0.1) is 0 Å². The lowest BCUT2D eigenvalue weighted by Crippen LogP contribution is -2.22. The van der Waals surface area contributed by atoms with E-state index in [1.807, 2.05) is 0 Å². The number of primary sulfonamides is 1. The van der Waals surface area contributed by atoms with Gasteiger partial charge in [-0.25, -0.2) is 27.1 Å². The predicted molar refractivity (Wildman–Crippen MR) is 64.5 cm³/mol. The van der Waals surface area contributed by atoms with Gasteiger partial charge in [0, 0.05) is 7.11 Å². The Morgan fingerprint density at radius 1 is 1.40 bits per heavy atom. The van der Waals surface area contributed by atoms with Gasteiger partial charge in [0.25, 0.3) is 0 Å². The highest BCUT2D eigenvalue weighted by atomic mass is 32.2. The number of nitrogens with two attached hydrogens (primary N) is 1. The third-order valence-corrected chi connectivity index (χ3v) is 3.15. The maximum atomic E-state index is 13.9. The van der Waals surface area contributed by atoms with Crippen molar-refractivity contribution in [3.63, 3.8) is 0 Å². The van der Waals surface area contributed by atoms with Gasteiger partial charge in [0.05, 0.1) is 12.2 Å². The first-order chi connectivity index (χ1) is 9.16. The van der Waals surface area contributed by atoms with E-state index in [1.54, 1.807) is 0 Å². The van der Waals surface area contributed by atoms with Crippen molar-refractivity contribution < 1.29 is 31.5 Å². The maximum Gasteiger partial charge on any atom is 0.341 e. The minimum absolute atomic E-state index is 0.0463. The van der Waals surface area contributed by atoms with Gasteiger partial charge < -0.3 is 9.47 Å². The number of halogens is 2. The molecule has 0 saturated heterocycles. The zero-order valence-corrected chi connectivity index (χ0v) is 11.5. The molecule has 112 valence electrons. The molecule has 0 aliphatic heterocycles. The van der Waals surface area contributed by atoms with Crippen LogP contribution in [0.2, 0.25) is 0 Å². The molecule has 1 aromatic rings. The van der Waals surface area contributed by atoms with E-state index in [0.717, 1.165) is 0 Å². The summed E-state index contributed by atoms with van der Waals surface area (Å²) in [6, 6.07) is 0.923. The van der Waals surface area contributed by atoms with Crippen molar-refractivity contribution in [3.05, 3.63) is 29.3 Å². The smallest absolute Gasteiger partial charge is 0.341 e. The topological polar surface area (TPSA) is 95.7 Å². The molecule has 0 saturated carbocycles. The standard InChI is InChI=1S/C11H13F2NO5S/c1-6(5-18-2)19-11(15)8-3-7(12)4-9(10(8)13)20(14,16)17/h3-4,6H,5H2,1-2H3,(H2,14,16,17). The number of hydrogen-bond donors (Lipinski definition) is 1. The summed E-state index contributed by atoms with van der Waals surface area (Å²) in [5.74, 6) is -3.79. The summed E-state index contributed by atoms with van der Waals surface area (Å²) in [5.41, 5.74) is -0.850. The molecule has 1 unspecified atom stereocenters. The van der Waals surface area contributed by atoms with Crippen LogP contribution in [0.25, 0.3) is 0 Å². The van der Waals surface area contributed by atoms with Crippen molar-refractivity contribution in [2.24, 2.45) is 5.14 Å². The molecule has 0 radical (unpaired) electrons. The molecule has 20 heavy (non-hydrogen) atoms. The number of ether oxygens (including phenoxy) is 2. The van der Waals surface area contributed by atoms with E-state index in [0.29, 0.717) is 12.1 Å². The van der Waals surface area contributed by atoms with E-state index in [2.05, 4.69) is 0 Å². The second-order valence-electron chi connectivity index (χ2n) is 3.98. The van der Waals surface area contributed by atoms with Crippen molar-refractivity contribution >= 4 is 16.0 Å². The monoisotopic (exact) mass is 309 g/mol. The van der Waals surface area contributed by atoms with Gasteiger partial charge in [0.1, 0.15) is 16.8 Å². The first-order valence-corrected chi connectivity index (χ1v) is 6.93. The van der Waals surface area contributed by atoms with E-state index in [4.69, 9.17) is 14.6 Å². The first-order valence-electron chi connectivity index (χ1n) is 5.38. The summed E-state index contributed by atoms with van der Waals surface area (Å²) in [6.07, 6.45) is -0.715. The van der Waals surface area contributed by atoms with Crippen LogP contribution in [0.5, 0.6) is 0 Å². The zero-order valence-electron chi connectivity index (χ0n) is 10.7. The molecule has 1 rings (SSSR count). The fraction of sp³-hybridized carbons (Fsp3) is 0.364. The summed E-state index contributed by atoms with van der Waals surface area (Å²) in [5, 5.41) is 4.74. The summed E-state index contributed by atoms with van der Waals surface area (Å²) in [7, 11) is -3.13. The molecular formula is C11H13F2NO5S. The number of benzene rings is 1. The zero-order chi connectivity index (χ0) is 15.5. The summed E-state index contributed by atoms with van der Waals surface area (Å²) < 4.78 is 58.8. The molecule has 0 aliphatic rings. The fourth-order valence-corrected chi connectivity index (χ4v) is 2.07. The van der Waals surface area contributed by atoms with Crippen LogP contribution < -0.4 is 5.14 Å². The van der Waals surface area contributed by atoms with Crippen LogP contribution in [0, 0.1) is 11.6 Å². The van der Waals surface area contributed by atoms with E-state index >= 15 is 0 Å². The molecule has 1 atom stereocenters. The van der Waals surface area contributed by atoms with Gasteiger partial charge in [0.2, 0.25) is 10.0 Å². The Balaban J connectivity index is 3.19. The second kappa shape index (κ2) is 6.25. The average Bonchev–Trinajstić information content (AvgIpc) is 2.30. The van der Waals surface area contributed by atoms with E-state index < -0.39 is 44.2 Å². The molecule has 0 spiro atoms. The molecule has 0 bridgehead atoms. The molecule has 0 aromatic heterocycles. The van der Waals surface area contributed by atoms with Gasteiger partial charge in [0.15, 0.2) is 5.82 Å². The minimum atomic E-state index is -4.50. The average molecular weight is 309 g/mol. The number of rotatable bonds is 5. The highest BCUT2D eigenvalue weighted by molar-refractivity contribution is 7.89. The van der Waals surface area contributed by atoms with Gasteiger partial charge in [-0.1, -0.05) is 0 Å². The van der Waals surface area contributed by atoms with E-state index in [1.165, 1.54) is 14.0 Å². The lowest BCUT2D eigenvalue weighted by Gasteiger charge is -2.13. The molecule has 1 aromatic carbocycles. The quantitative estimate of drug-likeness (QED) is 0.812. The first kappa shape index (κ1) is 16.5. The van der Waals surface area contributed by atoms with Gasteiger partial charge in [-0.2, -0.15) is 0 Å². The van der Waals surface area contributed by atoms with Crippen molar-refractivity contribution in [1.29, 1.82) is 0 Å². The van der Waals surface area contributed by atoms with Crippen LogP contribution in [0.1, 0.15) is 17.3 Å². The number of hydrogen-bond acceptors (Lipinski definition) is 5. The Labute approximate surface area is 114 Å². The van der Waals surface area contributed by atoms with E-state index in [-0.39, 0.29) is 6.61 Å². The van der Waals surface area contributed by atoms with Crippen LogP contribution in [-0.4, -0.2) is 34.2 Å². The van der Waals surface area contributed by atoms with Gasteiger partial charge in [-0.05, 0) is 19.1 Å². The summed E-state index contributed by atoms with van der Waals surface area (Å²) in [6.45, 7) is 1.52.